The van der Waals surface area contributed by atoms with Crippen molar-refractivity contribution in [3.63, 3.8) is 0 Å². The van der Waals surface area contributed by atoms with E-state index in [0.29, 0.717) is 5.76 Å². The fraction of sp³-hybridized carbons (Fsp3) is 0.333. The van der Waals surface area contributed by atoms with Crippen LogP contribution in [0.25, 0.3) is 5.57 Å². The van der Waals surface area contributed by atoms with Gasteiger partial charge in [0.15, 0.2) is 0 Å². The lowest BCUT2D eigenvalue weighted by molar-refractivity contribution is 0.420. The molecule has 1 aromatic rings. The highest BCUT2D eigenvalue weighted by Crippen LogP contribution is 2.58. The minimum atomic E-state index is -2.84. The van der Waals surface area contributed by atoms with Crippen LogP contribution in [0.1, 0.15) is 33.3 Å². The number of benzene rings is 1. The molecular weight excluding hydrogens is 243 g/mol. The third-order valence-electron chi connectivity index (χ3n) is 3.21. The molecule has 18 heavy (non-hydrogen) atoms. The van der Waals surface area contributed by atoms with Gasteiger partial charge in [-0.3, -0.25) is 4.57 Å². The monoisotopic (exact) mass is 262 g/mol. The molecular formula is C15H19O2P. The van der Waals surface area contributed by atoms with Crippen molar-refractivity contribution in [2.45, 2.75) is 33.4 Å². The number of hydrogen-bond donors (Lipinski definition) is 0. The van der Waals surface area contributed by atoms with E-state index in [9.17, 15) is 4.57 Å². The first-order valence-electron chi connectivity index (χ1n) is 6.14. The molecule has 1 aromatic carbocycles. The van der Waals surface area contributed by atoms with Crippen LogP contribution < -0.4 is 5.30 Å². The Labute approximate surface area is 109 Å². The Hall–Kier alpha value is -1.27. The van der Waals surface area contributed by atoms with E-state index in [1.54, 1.807) is 0 Å². The number of allylic oxidation sites excluding steroid dienone is 2. The van der Waals surface area contributed by atoms with E-state index in [1.165, 1.54) is 0 Å². The fourth-order valence-corrected chi connectivity index (χ4v) is 4.40. The van der Waals surface area contributed by atoms with Gasteiger partial charge in [0.25, 0.3) is 7.37 Å². The maximum absolute atomic E-state index is 13.0. The largest absolute Gasteiger partial charge is 0.440 e. The summed E-state index contributed by atoms with van der Waals surface area (Å²) in [5.41, 5.74) is 3.07. The van der Waals surface area contributed by atoms with E-state index >= 15 is 0 Å². The van der Waals surface area contributed by atoms with Crippen LogP contribution in [-0.2, 0) is 9.09 Å². The minimum absolute atomic E-state index is 0.0471. The first-order chi connectivity index (χ1) is 8.38. The molecule has 96 valence electrons. The number of hydrogen-bond acceptors (Lipinski definition) is 2. The van der Waals surface area contributed by atoms with Crippen molar-refractivity contribution in [1.82, 2.24) is 0 Å². The molecule has 0 N–H and O–H groups in total. The summed E-state index contributed by atoms with van der Waals surface area (Å²) < 4.78 is 18.8. The molecule has 0 amide bonds. The molecule has 1 atom stereocenters. The SMILES string of the molecule is C=C1OP(=O)(C(C)C)c2ccccc2C1=C(C)C. The lowest BCUT2D eigenvalue weighted by Gasteiger charge is -2.32. The Morgan fingerprint density at radius 1 is 1.28 bits per heavy atom. The average molecular weight is 262 g/mol. The minimum Gasteiger partial charge on any atom is -0.440 e. The highest BCUT2D eigenvalue weighted by atomic mass is 31.2. The maximum atomic E-state index is 13.0. The third kappa shape index (κ3) is 1.85. The zero-order valence-corrected chi connectivity index (χ0v) is 12.3. The molecule has 0 saturated carbocycles. The first kappa shape index (κ1) is 13.2. The Kier molecular flexibility index (Phi) is 3.25. The molecule has 1 heterocycles. The van der Waals surface area contributed by atoms with Gasteiger partial charge in [-0.05, 0) is 25.5 Å². The summed E-state index contributed by atoms with van der Waals surface area (Å²) in [6.07, 6.45) is 0. The van der Waals surface area contributed by atoms with Crippen molar-refractivity contribution in [3.8, 4) is 0 Å². The van der Waals surface area contributed by atoms with E-state index in [4.69, 9.17) is 4.52 Å². The zero-order valence-electron chi connectivity index (χ0n) is 11.4. The van der Waals surface area contributed by atoms with Gasteiger partial charge in [-0.25, -0.2) is 0 Å². The van der Waals surface area contributed by atoms with Gasteiger partial charge in [0.05, 0.1) is 5.30 Å². The lowest BCUT2D eigenvalue weighted by Crippen LogP contribution is -2.23. The van der Waals surface area contributed by atoms with Gasteiger partial charge in [-0.2, -0.15) is 0 Å². The summed E-state index contributed by atoms with van der Waals surface area (Å²) in [5.74, 6) is 0.533. The maximum Gasteiger partial charge on any atom is 0.280 e. The van der Waals surface area contributed by atoms with E-state index in [2.05, 4.69) is 6.58 Å². The average Bonchev–Trinajstić information content (AvgIpc) is 2.28. The Morgan fingerprint density at radius 3 is 2.44 bits per heavy atom. The molecule has 1 aliphatic heterocycles. The van der Waals surface area contributed by atoms with Gasteiger partial charge in [0, 0.05) is 11.2 Å². The van der Waals surface area contributed by atoms with Gasteiger partial charge in [0.2, 0.25) is 0 Å². The number of rotatable bonds is 1. The van der Waals surface area contributed by atoms with Crippen LogP contribution in [-0.4, -0.2) is 5.66 Å². The van der Waals surface area contributed by atoms with Crippen molar-refractivity contribution in [2.24, 2.45) is 0 Å². The molecule has 2 nitrogen and oxygen atoms in total. The molecule has 1 aliphatic rings. The van der Waals surface area contributed by atoms with Crippen LogP contribution >= 0.6 is 7.37 Å². The van der Waals surface area contributed by atoms with E-state index in [0.717, 1.165) is 22.0 Å². The molecule has 3 heteroatoms. The smallest absolute Gasteiger partial charge is 0.280 e. The Balaban J connectivity index is 2.78. The first-order valence-corrected chi connectivity index (χ1v) is 7.83. The van der Waals surface area contributed by atoms with Crippen LogP contribution in [0, 0.1) is 0 Å². The summed E-state index contributed by atoms with van der Waals surface area (Å²) in [4.78, 5) is 0. The number of fused-ring (bicyclic) bond motifs is 1. The molecule has 0 aliphatic carbocycles. The van der Waals surface area contributed by atoms with Crippen LogP contribution in [0.3, 0.4) is 0 Å². The van der Waals surface area contributed by atoms with E-state index in [-0.39, 0.29) is 5.66 Å². The topological polar surface area (TPSA) is 26.3 Å². The molecule has 0 saturated heterocycles. The van der Waals surface area contributed by atoms with Crippen molar-refractivity contribution < 1.29 is 9.09 Å². The Morgan fingerprint density at radius 2 is 1.89 bits per heavy atom. The summed E-state index contributed by atoms with van der Waals surface area (Å²) >= 11 is 0. The highest BCUT2D eigenvalue weighted by Gasteiger charge is 2.39. The van der Waals surface area contributed by atoms with Gasteiger partial charge in [-0.15, -0.1) is 0 Å². The second kappa shape index (κ2) is 4.44. The van der Waals surface area contributed by atoms with Gasteiger partial charge >= 0.3 is 0 Å². The van der Waals surface area contributed by atoms with Crippen LogP contribution in [0.15, 0.2) is 42.2 Å². The summed E-state index contributed by atoms with van der Waals surface area (Å²) in [6.45, 7) is 11.8. The predicted molar refractivity (Wildman–Crippen MR) is 77.3 cm³/mol. The van der Waals surface area contributed by atoms with Crippen molar-refractivity contribution in [2.75, 3.05) is 0 Å². The molecule has 0 radical (unpaired) electrons. The van der Waals surface area contributed by atoms with Crippen LogP contribution in [0.2, 0.25) is 0 Å². The lowest BCUT2D eigenvalue weighted by atomic mass is 10.00. The molecule has 1 unspecified atom stereocenters. The van der Waals surface area contributed by atoms with Crippen molar-refractivity contribution >= 4 is 18.2 Å². The molecule has 0 aromatic heterocycles. The quantitative estimate of drug-likeness (QED) is 0.704. The fourth-order valence-electron chi connectivity index (χ4n) is 2.30. The van der Waals surface area contributed by atoms with E-state index < -0.39 is 7.37 Å². The van der Waals surface area contributed by atoms with Gasteiger partial charge < -0.3 is 4.52 Å². The van der Waals surface area contributed by atoms with Crippen molar-refractivity contribution in [1.29, 1.82) is 0 Å². The molecule has 0 fully saturated rings. The van der Waals surface area contributed by atoms with Crippen LogP contribution in [0.4, 0.5) is 0 Å². The van der Waals surface area contributed by atoms with Gasteiger partial charge in [0.1, 0.15) is 5.76 Å². The molecule has 0 spiro atoms. The standard InChI is InChI=1S/C15H19O2P/c1-10(2)15-12(5)17-18(16,11(3)4)14-9-7-6-8-13(14)15/h6-9,11H,5H2,1-4H3. The summed E-state index contributed by atoms with van der Waals surface area (Å²) in [6, 6.07) is 7.78. The normalized spacial score (nSPS) is 22.7. The molecule has 0 bridgehead atoms. The summed E-state index contributed by atoms with van der Waals surface area (Å²) in [5, 5.41) is 0.823. The summed E-state index contributed by atoms with van der Waals surface area (Å²) in [7, 11) is -2.84. The second-order valence-electron chi connectivity index (χ2n) is 5.10. The third-order valence-corrected chi connectivity index (χ3v) is 6.13. The van der Waals surface area contributed by atoms with E-state index in [1.807, 2.05) is 52.0 Å². The molecule has 2 rings (SSSR count). The zero-order chi connectivity index (χ0) is 13.5. The van der Waals surface area contributed by atoms with Gasteiger partial charge in [-0.1, -0.05) is 44.2 Å². The van der Waals surface area contributed by atoms with Crippen LogP contribution in [0.5, 0.6) is 0 Å². The van der Waals surface area contributed by atoms with Crippen molar-refractivity contribution in [3.05, 3.63) is 47.7 Å². The highest BCUT2D eigenvalue weighted by molar-refractivity contribution is 7.68. The predicted octanol–water partition coefficient (Wildman–Crippen LogP) is 4.34. The second-order valence-corrected chi connectivity index (χ2v) is 7.99. The Bertz CT molecular complexity index is 578.